The molecule has 0 bridgehead atoms. The zero-order valence-corrected chi connectivity index (χ0v) is 52.9. The number of fused-ring (bicyclic) bond motifs is 5. The zero-order chi connectivity index (χ0) is 65.5. The van der Waals surface area contributed by atoms with E-state index in [0.717, 1.165) is 18.4 Å². The van der Waals surface area contributed by atoms with E-state index in [2.05, 4.69) is 47.6 Å². The van der Waals surface area contributed by atoms with Crippen molar-refractivity contribution in [1.29, 1.82) is 0 Å². The second kappa shape index (κ2) is 27.6. The maximum absolute atomic E-state index is 12.9. The summed E-state index contributed by atoms with van der Waals surface area (Å²) in [4.78, 5) is 0. The van der Waals surface area contributed by atoms with Gasteiger partial charge in [0, 0.05) is 16.7 Å². The van der Waals surface area contributed by atoms with E-state index < -0.39 is 215 Å². The summed E-state index contributed by atoms with van der Waals surface area (Å²) in [6.07, 6.45) is -32.0. The van der Waals surface area contributed by atoms with E-state index in [-0.39, 0.29) is 47.3 Å². The van der Waals surface area contributed by atoms with Crippen molar-refractivity contribution in [2.24, 2.45) is 51.2 Å². The molecule has 89 heavy (non-hydrogen) atoms. The van der Waals surface area contributed by atoms with Crippen LogP contribution in [0.1, 0.15) is 127 Å². The van der Waals surface area contributed by atoms with Gasteiger partial charge in [-0.25, -0.2) is 0 Å². The Hall–Kier alpha value is -1.34. The van der Waals surface area contributed by atoms with Crippen LogP contribution in [0.25, 0.3) is 0 Å². The highest BCUT2D eigenvalue weighted by molar-refractivity contribution is 5.32. The van der Waals surface area contributed by atoms with Crippen LogP contribution >= 0.6 is 0 Å². The van der Waals surface area contributed by atoms with E-state index >= 15 is 0 Å². The molecule has 0 radical (unpaired) electrons. The van der Waals surface area contributed by atoms with E-state index in [1.54, 1.807) is 27.7 Å². The second-order valence-electron chi connectivity index (χ2n) is 29.3. The second-order valence-corrected chi connectivity index (χ2v) is 29.3. The zero-order valence-electron chi connectivity index (χ0n) is 52.9. The molecule has 27 heteroatoms. The Bertz CT molecular complexity index is 2340. The minimum absolute atomic E-state index is 0.0202. The molecule has 9 rings (SSSR count). The van der Waals surface area contributed by atoms with Gasteiger partial charge in [-0.1, -0.05) is 67.0 Å². The van der Waals surface area contributed by atoms with Crippen molar-refractivity contribution in [2.75, 3.05) is 26.4 Å². The molecule has 0 aromatic carbocycles. The van der Waals surface area contributed by atoms with Crippen LogP contribution < -0.4 is 0 Å². The molecular formula is C62H106O27. The highest BCUT2D eigenvalue weighted by Gasteiger charge is 2.70. The number of hydrogen-bond donors (Lipinski definition) is 17. The average Bonchev–Trinajstić information content (AvgIpc) is 1.68. The molecule has 0 amide bonds. The van der Waals surface area contributed by atoms with Gasteiger partial charge in [0.2, 0.25) is 0 Å². The summed E-state index contributed by atoms with van der Waals surface area (Å²) in [7, 11) is 0. The van der Waals surface area contributed by atoms with Crippen molar-refractivity contribution in [3.63, 3.8) is 0 Å². The number of aliphatic hydroxyl groups is 17. The third-order valence-electron chi connectivity index (χ3n) is 23.5. The van der Waals surface area contributed by atoms with Gasteiger partial charge in [0.05, 0.1) is 68.7 Å². The lowest BCUT2D eigenvalue weighted by atomic mass is 9.38. The van der Waals surface area contributed by atoms with Gasteiger partial charge < -0.3 is 134 Å². The molecule has 35 atom stereocenters. The topological polar surface area (TPSA) is 436 Å². The van der Waals surface area contributed by atoms with Crippen LogP contribution in [0.3, 0.4) is 0 Å². The molecule has 516 valence electrons. The summed E-state index contributed by atoms with van der Waals surface area (Å²) >= 11 is 0. The summed E-state index contributed by atoms with van der Waals surface area (Å²) in [6.45, 7) is 17.2. The summed E-state index contributed by atoms with van der Waals surface area (Å²) in [6, 6.07) is 0. The third kappa shape index (κ3) is 13.0. The van der Waals surface area contributed by atoms with E-state index in [4.69, 9.17) is 47.4 Å². The molecule has 17 N–H and O–H groups in total. The van der Waals surface area contributed by atoms with Gasteiger partial charge in [-0.15, -0.1) is 0 Å². The van der Waals surface area contributed by atoms with Gasteiger partial charge in [-0.2, -0.15) is 0 Å². The normalized spacial score (nSPS) is 51.8. The van der Waals surface area contributed by atoms with Crippen molar-refractivity contribution >= 4 is 0 Å². The summed E-state index contributed by atoms with van der Waals surface area (Å²) in [5, 5.41) is 186. The van der Waals surface area contributed by atoms with Crippen LogP contribution in [0, 0.1) is 51.2 Å². The molecule has 3 saturated carbocycles. The van der Waals surface area contributed by atoms with Crippen molar-refractivity contribution in [2.45, 2.75) is 298 Å². The van der Waals surface area contributed by atoms with Crippen molar-refractivity contribution < 1.29 is 134 Å². The van der Waals surface area contributed by atoms with Gasteiger partial charge in [0.25, 0.3) is 0 Å². The van der Waals surface area contributed by atoms with Crippen LogP contribution in [0.15, 0.2) is 11.6 Å². The number of hydrogen-bond acceptors (Lipinski definition) is 27. The fraction of sp³-hybridized carbons (Fsp3) is 0.968. The maximum atomic E-state index is 12.9. The first kappa shape index (κ1) is 71.9. The third-order valence-corrected chi connectivity index (χ3v) is 23.5. The lowest BCUT2D eigenvalue weighted by molar-refractivity contribution is -0.391. The van der Waals surface area contributed by atoms with Gasteiger partial charge in [-0.3, -0.25) is 0 Å². The Morgan fingerprint density at radius 2 is 1.07 bits per heavy atom. The summed E-state index contributed by atoms with van der Waals surface area (Å²) in [5.41, 5.74) is -2.25. The molecule has 0 aromatic rings. The Morgan fingerprint density at radius 3 is 1.64 bits per heavy atom. The number of aliphatic hydroxyl groups excluding tert-OH is 16. The molecule has 8 fully saturated rings. The molecule has 4 aliphatic carbocycles. The van der Waals surface area contributed by atoms with E-state index in [0.29, 0.717) is 32.1 Å². The number of allylic oxidation sites excluding steroid dienone is 1. The Kier molecular flexibility index (Phi) is 22.3. The van der Waals surface area contributed by atoms with Crippen LogP contribution in [0.4, 0.5) is 0 Å². The fourth-order valence-corrected chi connectivity index (χ4v) is 17.5. The minimum Gasteiger partial charge on any atom is -0.394 e. The van der Waals surface area contributed by atoms with Crippen molar-refractivity contribution in [3.05, 3.63) is 11.6 Å². The molecule has 5 aliphatic heterocycles. The largest absolute Gasteiger partial charge is 0.394 e. The van der Waals surface area contributed by atoms with Gasteiger partial charge in [-0.05, 0) is 106 Å². The minimum atomic E-state index is -1.90. The first-order valence-corrected chi connectivity index (χ1v) is 32.3. The van der Waals surface area contributed by atoms with Gasteiger partial charge in [0.15, 0.2) is 31.5 Å². The average molecular weight is 1280 g/mol. The van der Waals surface area contributed by atoms with Crippen LogP contribution in [0.5, 0.6) is 0 Å². The van der Waals surface area contributed by atoms with E-state index in [9.17, 15) is 86.8 Å². The number of rotatable bonds is 20. The first-order valence-electron chi connectivity index (χ1n) is 32.3. The van der Waals surface area contributed by atoms with Crippen molar-refractivity contribution in [3.8, 4) is 0 Å². The summed E-state index contributed by atoms with van der Waals surface area (Å²) in [5.74, 6) is -0.541. The SMILES string of the molecule is CC[C@H]1O[C@@H](O[C@H](CC[C@@H](C)C2CC[C@@]3(C)C4CC=C5C(CC[C@H](O[C@@H]6O[C@H](CO[C@@H]7O[C@H](CO)[C@@H](O)[C@H](O)[C@H]7O)[C@@H](O)[C@H](O)[C@H]6O)C5(C)C)[C@]4(C)[C@H](O)C[C@]23C)C(C)(C)O)[C@H](O[C@@H]2O[C@H](CO)[C@@H](O)[C@H](O)[C@H]2O)[C@@H](O)[C@@H]1O[C@H]1O[C@H](CO)[C@@H](C)[C@H](O)[C@H]1O. The highest BCUT2D eigenvalue weighted by Crippen LogP contribution is 2.75. The predicted molar refractivity (Wildman–Crippen MR) is 307 cm³/mol. The van der Waals surface area contributed by atoms with E-state index in [1.165, 1.54) is 0 Å². The molecule has 9 aliphatic rings. The Labute approximate surface area is 520 Å². The lowest BCUT2D eigenvalue weighted by Crippen LogP contribution is -2.66. The fourth-order valence-electron chi connectivity index (χ4n) is 17.5. The molecule has 5 heterocycles. The smallest absolute Gasteiger partial charge is 0.187 e. The van der Waals surface area contributed by atoms with Crippen LogP contribution in [0.2, 0.25) is 0 Å². The quantitative estimate of drug-likeness (QED) is 0.0551. The predicted octanol–water partition coefficient (Wildman–Crippen LogP) is -2.71. The molecule has 27 nitrogen and oxygen atoms in total. The molecule has 0 aromatic heterocycles. The monoisotopic (exact) mass is 1280 g/mol. The molecule has 3 unspecified atom stereocenters. The van der Waals surface area contributed by atoms with Crippen LogP contribution in [-0.4, -0.2) is 285 Å². The molecular weight excluding hydrogens is 1180 g/mol. The van der Waals surface area contributed by atoms with Gasteiger partial charge in [0.1, 0.15) is 97.7 Å². The standard InChI is InChI=1S/C62H106O27/c1-11-30-51(88-55-46(74)39(67)26(3)31(21-63)82-55)50(78)52(89-56-49(77)44(72)41(69)33(23-65)84-56)57(81-30)87-38(59(6,7)79)16-12-25(2)27-18-19-60(8)35-15-13-28-29(62(35,10)36(66)20-61(27,60)9)14-17-37(58(28,4)5)86-54-48(76)45(73)42(70)34(85-54)24-80-53-47(75)43(71)40(68)32(22-64)83-53/h13,25-27,29-57,63-79H,11-12,14-24H2,1-10H3/t25-,26-,27?,29?,30-,31-,32-,33-,34-,35?,36-,37+,38-,39+,40-,41-,42-,43+,44+,45+,46-,47-,48-,49-,50+,51-,52-,53-,54+,55-,56+,57+,60+,61-,62+/m1/s1. The van der Waals surface area contributed by atoms with Crippen LogP contribution in [-0.2, 0) is 47.4 Å². The Morgan fingerprint density at radius 1 is 0.562 bits per heavy atom. The van der Waals surface area contributed by atoms with Gasteiger partial charge >= 0.3 is 0 Å². The first-order chi connectivity index (χ1) is 41.7. The van der Waals surface area contributed by atoms with E-state index in [1.807, 2.05) is 0 Å². The Balaban J connectivity index is 0.888. The summed E-state index contributed by atoms with van der Waals surface area (Å²) < 4.78 is 61.1. The maximum Gasteiger partial charge on any atom is 0.187 e. The van der Waals surface area contributed by atoms with Crippen molar-refractivity contribution in [1.82, 2.24) is 0 Å². The molecule has 0 spiro atoms. The highest BCUT2D eigenvalue weighted by atomic mass is 16.8. The molecule has 5 saturated heterocycles. The number of ether oxygens (including phenoxy) is 10. The lowest BCUT2D eigenvalue weighted by Gasteiger charge is -2.67.